The normalized spacial score (nSPS) is 9.29. The zero-order chi connectivity index (χ0) is 17.5. The molecule has 3 N–H and O–H groups in total. The minimum atomic E-state index is -1.20. The Labute approximate surface area is 137 Å². The van der Waals surface area contributed by atoms with Crippen LogP contribution in [-0.2, 0) is 4.79 Å². The molecule has 0 atom stereocenters. The number of carboxylic acids is 1. The Bertz CT molecular complexity index is 887. The fourth-order valence-corrected chi connectivity index (χ4v) is 1.70. The molecule has 1 aromatic heterocycles. The molecule has 0 fully saturated rings. The summed E-state index contributed by atoms with van der Waals surface area (Å²) in [5, 5.41) is 20.4. The molecule has 2 aromatic rings. The first-order chi connectivity index (χ1) is 11.5. The van der Waals surface area contributed by atoms with Gasteiger partial charge < -0.3 is 15.5 Å². The van der Waals surface area contributed by atoms with E-state index in [0.29, 0.717) is 16.8 Å². The van der Waals surface area contributed by atoms with Gasteiger partial charge in [-0.2, -0.15) is 0 Å². The smallest absolute Gasteiger partial charge is 0.322 e. The van der Waals surface area contributed by atoms with E-state index in [9.17, 15) is 14.7 Å². The van der Waals surface area contributed by atoms with Crippen molar-refractivity contribution in [1.29, 1.82) is 0 Å². The number of nitrogens with one attached hydrogen (secondary N) is 1. The molecule has 1 aromatic carbocycles. The number of carboxylic acid groups (broad SMARTS) is 1. The van der Waals surface area contributed by atoms with E-state index in [0.717, 1.165) is 0 Å². The zero-order valence-electron chi connectivity index (χ0n) is 12.3. The van der Waals surface area contributed by atoms with Crippen molar-refractivity contribution >= 4 is 17.6 Å². The SMILES string of the molecule is [C-]#[N+]c1ccc(C#Cc2cnc(C(=O)NCC(=O)O)c(O)c2)cc1. The number of aromatic nitrogens is 1. The van der Waals surface area contributed by atoms with Gasteiger partial charge in [-0.15, -0.1) is 0 Å². The van der Waals surface area contributed by atoms with Gasteiger partial charge in [0, 0.05) is 17.3 Å². The van der Waals surface area contributed by atoms with E-state index in [2.05, 4.69) is 27.0 Å². The topological polar surface area (TPSA) is 104 Å². The van der Waals surface area contributed by atoms with Gasteiger partial charge in [-0.05, 0) is 6.07 Å². The van der Waals surface area contributed by atoms with Crippen LogP contribution in [0.3, 0.4) is 0 Å². The van der Waals surface area contributed by atoms with Crippen LogP contribution in [0.4, 0.5) is 5.69 Å². The van der Waals surface area contributed by atoms with E-state index < -0.39 is 24.2 Å². The van der Waals surface area contributed by atoms with Gasteiger partial charge in [0.2, 0.25) is 0 Å². The quantitative estimate of drug-likeness (QED) is 0.588. The standard InChI is InChI=1S/C17H11N3O4/c1-18-13-6-4-11(5-7-13)2-3-12-8-14(21)16(19-9-12)17(24)20-10-15(22)23/h4-9,21H,10H2,(H,20,24)(H,22,23). The lowest BCUT2D eigenvalue weighted by Crippen LogP contribution is -2.29. The van der Waals surface area contributed by atoms with Gasteiger partial charge in [0.05, 0.1) is 6.57 Å². The Morgan fingerprint density at radius 3 is 2.46 bits per heavy atom. The number of pyridine rings is 1. The number of carbonyl (C=O) groups is 2. The Hall–Kier alpha value is -3.84. The molecule has 0 spiro atoms. The van der Waals surface area contributed by atoms with Gasteiger partial charge in [-0.1, -0.05) is 36.1 Å². The molecule has 7 heteroatoms. The van der Waals surface area contributed by atoms with Crippen LogP contribution in [0.15, 0.2) is 36.5 Å². The molecule has 1 heterocycles. The Morgan fingerprint density at radius 2 is 1.88 bits per heavy atom. The third-order valence-corrected chi connectivity index (χ3v) is 2.83. The molecule has 0 unspecified atom stereocenters. The summed E-state index contributed by atoms with van der Waals surface area (Å²) in [6, 6.07) is 7.94. The zero-order valence-corrected chi connectivity index (χ0v) is 12.3. The lowest BCUT2D eigenvalue weighted by Gasteiger charge is -2.04. The average molecular weight is 321 g/mol. The van der Waals surface area contributed by atoms with Gasteiger partial charge in [-0.25, -0.2) is 9.83 Å². The number of rotatable bonds is 3. The highest BCUT2D eigenvalue weighted by molar-refractivity contribution is 5.96. The van der Waals surface area contributed by atoms with Crippen molar-refractivity contribution in [1.82, 2.24) is 10.3 Å². The molecule has 0 aliphatic rings. The number of benzene rings is 1. The molecule has 7 nitrogen and oxygen atoms in total. The summed E-state index contributed by atoms with van der Waals surface area (Å²) in [4.78, 5) is 29.1. The van der Waals surface area contributed by atoms with Gasteiger partial charge >= 0.3 is 5.97 Å². The van der Waals surface area contributed by atoms with Crippen molar-refractivity contribution in [3.8, 4) is 17.6 Å². The van der Waals surface area contributed by atoms with E-state index in [4.69, 9.17) is 11.7 Å². The van der Waals surface area contributed by atoms with Crippen molar-refractivity contribution in [2.24, 2.45) is 0 Å². The fraction of sp³-hybridized carbons (Fsp3) is 0.0588. The van der Waals surface area contributed by atoms with Crippen molar-refractivity contribution in [3.63, 3.8) is 0 Å². The van der Waals surface area contributed by atoms with Crippen LogP contribution < -0.4 is 5.32 Å². The molecule has 0 radical (unpaired) electrons. The molecular weight excluding hydrogens is 310 g/mol. The van der Waals surface area contributed by atoms with E-state index >= 15 is 0 Å². The third-order valence-electron chi connectivity index (χ3n) is 2.83. The minimum Gasteiger partial charge on any atom is -0.505 e. The third kappa shape index (κ3) is 4.33. The number of aliphatic carboxylic acids is 1. The van der Waals surface area contributed by atoms with Gasteiger partial charge in [0.1, 0.15) is 12.3 Å². The molecule has 0 aliphatic heterocycles. The predicted octanol–water partition coefficient (Wildman–Crippen LogP) is 1.55. The van der Waals surface area contributed by atoms with Crippen molar-refractivity contribution in [2.75, 3.05) is 6.54 Å². The van der Waals surface area contributed by atoms with Crippen LogP contribution in [0.25, 0.3) is 4.85 Å². The second-order valence-electron chi connectivity index (χ2n) is 4.58. The maximum absolute atomic E-state index is 11.7. The number of carbonyl (C=O) groups excluding carboxylic acids is 1. The summed E-state index contributed by atoms with van der Waals surface area (Å²) in [7, 11) is 0. The first-order valence-corrected chi connectivity index (χ1v) is 6.68. The molecule has 118 valence electrons. The lowest BCUT2D eigenvalue weighted by atomic mass is 10.2. The number of hydrogen-bond acceptors (Lipinski definition) is 4. The van der Waals surface area contributed by atoms with Crippen LogP contribution in [0, 0.1) is 18.4 Å². The van der Waals surface area contributed by atoms with Crippen LogP contribution in [0.2, 0.25) is 0 Å². The van der Waals surface area contributed by atoms with Gasteiger partial charge in [0.15, 0.2) is 11.4 Å². The minimum absolute atomic E-state index is 0.275. The number of amides is 1. The first-order valence-electron chi connectivity index (χ1n) is 6.68. The largest absolute Gasteiger partial charge is 0.505 e. The molecule has 24 heavy (non-hydrogen) atoms. The molecule has 1 amide bonds. The molecule has 0 saturated heterocycles. The Kier molecular flexibility index (Phi) is 5.12. The van der Waals surface area contributed by atoms with Crippen LogP contribution in [0.5, 0.6) is 5.75 Å². The van der Waals surface area contributed by atoms with E-state index in [-0.39, 0.29) is 5.69 Å². The summed E-state index contributed by atoms with van der Waals surface area (Å²) >= 11 is 0. The highest BCUT2D eigenvalue weighted by Gasteiger charge is 2.13. The summed E-state index contributed by atoms with van der Waals surface area (Å²) < 4.78 is 0. The summed E-state index contributed by atoms with van der Waals surface area (Å²) in [6.07, 6.45) is 1.30. The van der Waals surface area contributed by atoms with Crippen LogP contribution in [-0.4, -0.2) is 33.6 Å². The van der Waals surface area contributed by atoms with E-state index in [1.807, 2.05) is 0 Å². The van der Waals surface area contributed by atoms with Crippen molar-refractivity contribution in [3.05, 3.63) is 64.8 Å². The summed E-state index contributed by atoms with van der Waals surface area (Å²) in [6.45, 7) is 6.30. The summed E-state index contributed by atoms with van der Waals surface area (Å²) in [5.74, 6) is 3.24. The van der Waals surface area contributed by atoms with E-state index in [1.165, 1.54) is 12.3 Å². The summed E-state index contributed by atoms with van der Waals surface area (Å²) in [5.41, 5.74) is 1.31. The maximum Gasteiger partial charge on any atom is 0.322 e. The number of aromatic hydroxyl groups is 1. The molecular formula is C17H11N3O4. The number of nitrogens with zero attached hydrogens (tertiary/aromatic N) is 2. The Morgan fingerprint density at radius 1 is 1.21 bits per heavy atom. The highest BCUT2D eigenvalue weighted by Crippen LogP contribution is 2.16. The van der Waals surface area contributed by atoms with Crippen molar-refractivity contribution in [2.45, 2.75) is 0 Å². The second-order valence-corrected chi connectivity index (χ2v) is 4.58. The first kappa shape index (κ1) is 16.5. The van der Waals surface area contributed by atoms with Crippen molar-refractivity contribution < 1.29 is 19.8 Å². The van der Waals surface area contributed by atoms with Crippen LogP contribution in [0.1, 0.15) is 21.6 Å². The van der Waals surface area contributed by atoms with Gasteiger partial charge in [0.25, 0.3) is 5.91 Å². The fourth-order valence-electron chi connectivity index (χ4n) is 1.70. The molecule has 0 aliphatic carbocycles. The highest BCUT2D eigenvalue weighted by atomic mass is 16.4. The van der Waals surface area contributed by atoms with Crippen LogP contribution >= 0.6 is 0 Å². The maximum atomic E-state index is 11.7. The molecule has 0 bridgehead atoms. The van der Waals surface area contributed by atoms with E-state index in [1.54, 1.807) is 24.3 Å². The molecule has 2 rings (SSSR count). The second kappa shape index (κ2) is 7.43. The molecule has 0 saturated carbocycles. The monoisotopic (exact) mass is 321 g/mol. The lowest BCUT2D eigenvalue weighted by molar-refractivity contribution is -0.135. The average Bonchev–Trinajstić information content (AvgIpc) is 2.58. The Balaban J connectivity index is 2.15. The van der Waals surface area contributed by atoms with Gasteiger partial charge in [-0.3, -0.25) is 9.59 Å². The predicted molar refractivity (Wildman–Crippen MR) is 84.6 cm³/mol. The number of hydrogen-bond donors (Lipinski definition) is 3.